The van der Waals surface area contributed by atoms with Crippen molar-refractivity contribution in [2.45, 2.75) is 26.3 Å². The number of aliphatic hydroxyl groups excluding tert-OH is 1. The Bertz CT molecular complexity index is 244. The lowest BCUT2D eigenvalue weighted by atomic mass is 10.2. The van der Waals surface area contributed by atoms with E-state index in [-0.39, 0.29) is 12.6 Å². The van der Waals surface area contributed by atoms with Crippen LogP contribution in [-0.4, -0.2) is 27.7 Å². The van der Waals surface area contributed by atoms with E-state index in [1.54, 1.807) is 12.4 Å². The van der Waals surface area contributed by atoms with Crippen LogP contribution >= 0.6 is 0 Å². The number of rotatable bonds is 4. The van der Waals surface area contributed by atoms with E-state index >= 15 is 0 Å². The van der Waals surface area contributed by atoms with Crippen molar-refractivity contribution in [2.75, 3.05) is 11.9 Å². The van der Waals surface area contributed by atoms with Gasteiger partial charge in [-0.15, -0.1) is 0 Å². The van der Waals surface area contributed by atoms with E-state index in [0.29, 0.717) is 5.95 Å². The molecular formula is C9H15N3O. The van der Waals surface area contributed by atoms with Crippen molar-refractivity contribution >= 4 is 5.95 Å². The Balaban J connectivity index is 2.58. The minimum atomic E-state index is 0.0442. The zero-order valence-electron chi connectivity index (χ0n) is 7.99. The fourth-order valence-electron chi connectivity index (χ4n) is 0.927. The number of anilines is 1. The Labute approximate surface area is 78.0 Å². The number of hydrogen-bond donors (Lipinski definition) is 2. The first kappa shape index (κ1) is 9.92. The maximum atomic E-state index is 8.92. The normalized spacial score (nSPS) is 12.5. The lowest BCUT2D eigenvalue weighted by Gasteiger charge is -2.13. The van der Waals surface area contributed by atoms with Crippen LogP contribution in [0.1, 0.15) is 18.9 Å². The Kier molecular flexibility index (Phi) is 3.64. The van der Waals surface area contributed by atoms with E-state index in [1.807, 2.05) is 13.8 Å². The average molecular weight is 181 g/mol. The second kappa shape index (κ2) is 4.77. The first-order valence-corrected chi connectivity index (χ1v) is 4.42. The van der Waals surface area contributed by atoms with E-state index in [0.717, 1.165) is 12.0 Å². The van der Waals surface area contributed by atoms with Gasteiger partial charge in [0.15, 0.2) is 0 Å². The van der Waals surface area contributed by atoms with Gasteiger partial charge in [0, 0.05) is 12.4 Å². The molecule has 0 saturated carbocycles. The SMILES string of the molecule is CC[C@@H](CO)Nc1ncc(C)cn1. The second-order valence-electron chi connectivity index (χ2n) is 3.02. The molecule has 1 aromatic heterocycles. The predicted molar refractivity (Wildman–Crippen MR) is 51.6 cm³/mol. The monoisotopic (exact) mass is 181 g/mol. The molecule has 0 amide bonds. The summed E-state index contributed by atoms with van der Waals surface area (Å²) in [5.41, 5.74) is 1.03. The zero-order chi connectivity index (χ0) is 9.68. The van der Waals surface area contributed by atoms with Crippen molar-refractivity contribution in [2.24, 2.45) is 0 Å². The summed E-state index contributed by atoms with van der Waals surface area (Å²) in [5.74, 6) is 0.575. The third-order valence-electron chi connectivity index (χ3n) is 1.83. The smallest absolute Gasteiger partial charge is 0.222 e. The molecule has 0 aliphatic heterocycles. The summed E-state index contributed by atoms with van der Waals surface area (Å²) in [6.07, 6.45) is 4.35. The highest BCUT2D eigenvalue weighted by molar-refractivity contribution is 5.25. The van der Waals surface area contributed by atoms with Crippen molar-refractivity contribution in [3.8, 4) is 0 Å². The van der Waals surface area contributed by atoms with Crippen LogP contribution in [0.25, 0.3) is 0 Å². The molecule has 0 spiro atoms. The van der Waals surface area contributed by atoms with Crippen LogP contribution in [0.5, 0.6) is 0 Å². The van der Waals surface area contributed by atoms with Crippen LogP contribution in [0, 0.1) is 6.92 Å². The third kappa shape index (κ3) is 2.99. The van der Waals surface area contributed by atoms with Gasteiger partial charge in [0.05, 0.1) is 12.6 Å². The predicted octanol–water partition coefficient (Wildman–Crippen LogP) is 0.968. The summed E-state index contributed by atoms with van der Waals surface area (Å²) in [4.78, 5) is 8.16. The molecule has 0 saturated heterocycles. The van der Waals surface area contributed by atoms with E-state index in [1.165, 1.54) is 0 Å². The number of aromatic nitrogens is 2. The Morgan fingerprint density at radius 3 is 2.54 bits per heavy atom. The minimum Gasteiger partial charge on any atom is -0.394 e. The van der Waals surface area contributed by atoms with Crippen LogP contribution in [0.4, 0.5) is 5.95 Å². The number of aliphatic hydroxyl groups is 1. The molecule has 0 fully saturated rings. The van der Waals surface area contributed by atoms with Gasteiger partial charge in [0.25, 0.3) is 0 Å². The van der Waals surface area contributed by atoms with Crippen LogP contribution < -0.4 is 5.32 Å². The second-order valence-corrected chi connectivity index (χ2v) is 3.02. The molecule has 0 aliphatic carbocycles. The molecule has 13 heavy (non-hydrogen) atoms. The molecule has 0 aliphatic rings. The van der Waals surface area contributed by atoms with Gasteiger partial charge in [-0.25, -0.2) is 9.97 Å². The molecule has 4 nitrogen and oxygen atoms in total. The van der Waals surface area contributed by atoms with Crippen LogP contribution in [0.3, 0.4) is 0 Å². The molecule has 0 bridgehead atoms. The zero-order valence-corrected chi connectivity index (χ0v) is 7.99. The fraction of sp³-hybridized carbons (Fsp3) is 0.556. The molecular weight excluding hydrogens is 166 g/mol. The molecule has 4 heteroatoms. The van der Waals surface area contributed by atoms with Gasteiger partial charge in [-0.1, -0.05) is 6.92 Å². The standard InChI is InChI=1S/C9H15N3O/c1-3-8(6-13)12-9-10-4-7(2)5-11-9/h4-5,8,13H,3,6H2,1-2H3,(H,10,11,12)/t8-/m0/s1. The van der Waals surface area contributed by atoms with E-state index in [2.05, 4.69) is 15.3 Å². The average Bonchev–Trinajstić information content (AvgIpc) is 2.17. The molecule has 72 valence electrons. The van der Waals surface area contributed by atoms with Crippen LogP contribution in [0.15, 0.2) is 12.4 Å². The topological polar surface area (TPSA) is 58.0 Å². The Morgan fingerprint density at radius 2 is 2.08 bits per heavy atom. The van der Waals surface area contributed by atoms with Gasteiger partial charge < -0.3 is 10.4 Å². The molecule has 1 aromatic rings. The molecule has 1 rings (SSSR count). The van der Waals surface area contributed by atoms with Crippen molar-refractivity contribution in [3.63, 3.8) is 0 Å². The number of nitrogens with zero attached hydrogens (tertiary/aromatic N) is 2. The summed E-state index contributed by atoms with van der Waals surface area (Å²) < 4.78 is 0. The number of hydrogen-bond acceptors (Lipinski definition) is 4. The summed E-state index contributed by atoms with van der Waals surface area (Å²) in [7, 11) is 0. The van der Waals surface area contributed by atoms with Crippen LogP contribution in [0.2, 0.25) is 0 Å². The van der Waals surface area contributed by atoms with E-state index in [9.17, 15) is 0 Å². The fourth-order valence-corrected chi connectivity index (χ4v) is 0.927. The highest BCUT2D eigenvalue weighted by Crippen LogP contribution is 2.02. The molecule has 0 unspecified atom stereocenters. The number of nitrogens with one attached hydrogen (secondary N) is 1. The summed E-state index contributed by atoms with van der Waals surface area (Å²) >= 11 is 0. The number of aryl methyl sites for hydroxylation is 1. The van der Waals surface area contributed by atoms with Gasteiger partial charge in [-0.3, -0.25) is 0 Å². The largest absolute Gasteiger partial charge is 0.394 e. The first-order chi connectivity index (χ1) is 6.26. The lowest BCUT2D eigenvalue weighted by molar-refractivity contribution is 0.271. The molecule has 0 radical (unpaired) electrons. The highest BCUT2D eigenvalue weighted by Gasteiger charge is 2.04. The highest BCUT2D eigenvalue weighted by atomic mass is 16.3. The molecule has 0 aromatic carbocycles. The van der Waals surface area contributed by atoms with Gasteiger partial charge in [-0.2, -0.15) is 0 Å². The maximum Gasteiger partial charge on any atom is 0.222 e. The van der Waals surface area contributed by atoms with Gasteiger partial charge in [-0.05, 0) is 18.9 Å². The lowest BCUT2D eigenvalue weighted by Crippen LogP contribution is -2.23. The summed E-state index contributed by atoms with van der Waals surface area (Å²) in [5, 5.41) is 12.0. The van der Waals surface area contributed by atoms with E-state index < -0.39 is 0 Å². The minimum absolute atomic E-state index is 0.0442. The third-order valence-corrected chi connectivity index (χ3v) is 1.83. The van der Waals surface area contributed by atoms with Crippen molar-refractivity contribution < 1.29 is 5.11 Å². The van der Waals surface area contributed by atoms with Gasteiger partial charge in [0.2, 0.25) is 5.95 Å². The molecule has 2 N–H and O–H groups in total. The Morgan fingerprint density at radius 1 is 1.46 bits per heavy atom. The molecule has 1 atom stereocenters. The maximum absolute atomic E-state index is 8.92. The van der Waals surface area contributed by atoms with E-state index in [4.69, 9.17) is 5.11 Å². The summed E-state index contributed by atoms with van der Waals surface area (Å²) in [6.45, 7) is 4.04. The van der Waals surface area contributed by atoms with Gasteiger partial charge in [0.1, 0.15) is 0 Å². The molecule has 1 heterocycles. The Hall–Kier alpha value is -1.16. The first-order valence-electron chi connectivity index (χ1n) is 4.42. The van der Waals surface area contributed by atoms with Gasteiger partial charge >= 0.3 is 0 Å². The van der Waals surface area contributed by atoms with Crippen LogP contribution in [-0.2, 0) is 0 Å². The quantitative estimate of drug-likeness (QED) is 0.726. The van der Waals surface area contributed by atoms with Crippen molar-refractivity contribution in [1.29, 1.82) is 0 Å². The van der Waals surface area contributed by atoms with Crippen molar-refractivity contribution in [1.82, 2.24) is 9.97 Å². The summed E-state index contributed by atoms with van der Waals surface area (Å²) in [6, 6.07) is 0.0442. The van der Waals surface area contributed by atoms with Crippen molar-refractivity contribution in [3.05, 3.63) is 18.0 Å².